The molecule has 0 heterocycles. The fraction of sp³-hybridized carbons (Fsp3) is 0.571. The molecule has 0 spiro atoms. The lowest BCUT2D eigenvalue weighted by atomic mass is 10.0. The van der Waals surface area contributed by atoms with Crippen molar-refractivity contribution in [2.24, 2.45) is 5.92 Å². The first-order chi connectivity index (χ1) is 7.50. The number of rotatable bonds is 5. The first-order valence-electron chi connectivity index (χ1n) is 6.08. The highest BCUT2D eigenvalue weighted by Crippen LogP contribution is 2.16. The summed E-state index contributed by atoms with van der Waals surface area (Å²) in [5, 5.41) is 3.54. The Kier molecular flexibility index (Phi) is 4.81. The molecule has 90 valence electrons. The van der Waals surface area contributed by atoms with Crippen molar-refractivity contribution >= 4 is 5.69 Å². The highest BCUT2D eigenvalue weighted by molar-refractivity contribution is 5.50. The fourth-order valence-corrected chi connectivity index (χ4v) is 1.76. The lowest BCUT2D eigenvalue weighted by Crippen LogP contribution is -2.31. The summed E-state index contributed by atoms with van der Waals surface area (Å²) >= 11 is 0. The van der Waals surface area contributed by atoms with E-state index in [2.05, 4.69) is 39.1 Å². The predicted molar refractivity (Wildman–Crippen MR) is 71.6 cm³/mol. The number of hydrogen-bond donors (Lipinski definition) is 2. The van der Waals surface area contributed by atoms with Gasteiger partial charge in [-0.05, 0) is 49.9 Å². The molecule has 0 aliphatic rings. The van der Waals surface area contributed by atoms with E-state index < -0.39 is 0 Å². The molecule has 0 aromatic heterocycles. The van der Waals surface area contributed by atoms with Crippen LogP contribution in [0.5, 0.6) is 0 Å². The SMILES string of the molecule is Cc1c(N)cccc1CC(C)NCC(C)C. The van der Waals surface area contributed by atoms with E-state index in [1.165, 1.54) is 11.1 Å². The van der Waals surface area contributed by atoms with Crippen LogP contribution >= 0.6 is 0 Å². The van der Waals surface area contributed by atoms with E-state index in [-0.39, 0.29) is 0 Å². The third kappa shape index (κ3) is 3.86. The van der Waals surface area contributed by atoms with E-state index in [1.54, 1.807) is 0 Å². The van der Waals surface area contributed by atoms with Crippen molar-refractivity contribution in [3.63, 3.8) is 0 Å². The van der Waals surface area contributed by atoms with Gasteiger partial charge in [-0.3, -0.25) is 0 Å². The average Bonchev–Trinajstić information content (AvgIpc) is 2.22. The Morgan fingerprint density at radius 3 is 2.56 bits per heavy atom. The third-order valence-electron chi connectivity index (χ3n) is 2.89. The molecule has 0 aliphatic heterocycles. The maximum Gasteiger partial charge on any atom is 0.0346 e. The highest BCUT2D eigenvalue weighted by Gasteiger charge is 2.07. The van der Waals surface area contributed by atoms with E-state index in [0.29, 0.717) is 12.0 Å². The van der Waals surface area contributed by atoms with E-state index in [9.17, 15) is 0 Å². The number of nitrogens with one attached hydrogen (secondary N) is 1. The zero-order valence-electron chi connectivity index (χ0n) is 10.9. The molecule has 0 saturated heterocycles. The van der Waals surface area contributed by atoms with Crippen LogP contribution in [0.3, 0.4) is 0 Å². The van der Waals surface area contributed by atoms with Crippen molar-refractivity contribution in [1.29, 1.82) is 0 Å². The fourth-order valence-electron chi connectivity index (χ4n) is 1.76. The summed E-state index contributed by atoms with van der Waals surface area (Å²) in [7, 11) is 0. The second-order valence-electron chi connectivity index (χ2n) is 5.04. The number of anilines is 1. The van der Waals surface area contributed by atoms with Gasteiger partial charge in [-0.25, -0.2) is 0 Å². The van der Waals surface area contributed by atoms with Crippen LogP contribution in [0.4, 0.5) is 5.69 Å². The minimum Gasteiger partial charge on any atom is -0.399 e. The van der Waals surface area contributed by atoms with Crippen LogP contribution in [-0.2, 0) is 6.42 Å². The van der Waals surface area contributed by atoms with Gasteiger partial charge in [0.15, 0.2) is 0 Å². The maximum atomic E-state index is 5.90. The summed E-state index contributed by atoms with van der Waals surface area (Å²) in [5.74, 6) is 0.699. The number of benzene rings is 1. The lowest BCUT2D eigenvalue weighted by Gasteiger charge is -2.17. The summed E-state index contributed by atoms with van der Waals surface area (Å²) in [5.41, 5.74) is 9.37. The van der Waals surface area contributed by atoms with Crippen LogP contribution in [-0.4, -0.2) is 12.6 Å². The van der Waals surface area contributed by atoms with E-state index in [0.717, 1.165) is 18.7 Å². The van der Waals surface area contributed by atoms with Crippen LogP contribution < -0.4 is 11.1 Å². The second-order valence-corrected chi connectivity index (χ2v) is 5.04. The van der Waals surface area contributed by atoms with Crippen molar-refractivity contribution in [3.05, 3.63) is 29.3 Å². The smallest absolute Gasteiger partial charge is 0.0346 e. The Bertz CT molecular complexity index is 332. The molecule has 16 heavy (non-hydrogen) atoms. The van der Waals surface area contributed by atoms with Gasteiger partial charge in [0.05, 0.1) is 0 Å². The molecule has 0 bridgehead atoms. The molecule has 1 unspecified atom stereocenters. The molecule has 1 aromatic rings. The van der Waals surface area contributed by atoms with E-state index in [4.69, 9.17) is 5.73 Å². The van der Waals surface area contributed by atoms with Gasteiger partial charge in [0.2, 0.25) is 0 Å². The van der Waals surface area contributed by atoms with E-state index >= 15 is 0 Å². The molecule has 1 atom stereocenters. The Morgan fingerprint density at radius 2 is 1.94 bits per heavy atom. The first-order valence-corrected chi connectivity index (χ1v) is 6.08. The second kappa shape index (κ2) is 5.90. The molecule has 2 heteroatoms. The summed E-state index contributed by atoms with van der Waals surface area (Å²) in [6, 6.07) is 6.67. The monoisotopic (exact) mass is 220 g/mol. The first kappa shape index (κ1) is 13.0. The van der Waals surface area contributed by atoms with Gasteiger partial charge in [0.1, 0.15) is 0 Å². The van der Waals surface area contributed by atoms with Crippen LogP contribution in [0.2, 0.25) is 0 Å². The van der Waals surface area contributed by atoms with Gasteiger partial charge >= 0.3 is 0 Å². The topological polar surface area (TPSA) is 38.0 Å². The number of nitrogens with two attached hydrogens (primary N) is 1. The van der Waals surface area contributed by atoms with Crippen LogP contribution in [0.1, 0.15) is 31.9 Å². The molecule has 1 rings (SSSR count). The summed E-state index contributed by atoms with van der Waals surface area (Å²) < 4.78 is 0. The average molecular weight is 220 g/mol. The normalized spacial score (nSPS) is 13.1. The quantitative estimate of drug-likeness (QED) is 0.749. The Morgan fingerprint density at radius 1 is 1.25 bits per heavy atom. The van der Waals surface area contributed by atoms with Gasteiger partial charge in [0, 0.05) is 11.7 Å². The molecule has 0 aliphatic carbocycles. The highest BCUT2D eigenvalue weighted by atomic mass is 14.9. The molecule has 0 fully saturated rings. The third-order valence-corrected chi connectivity index (χ3v) is 2.89. The zero-order chi connectivity index (χ0) is 12.1. The Balaban J connectivity index is 2.56. The molecule has 0 radical (unpaired) electrons. The largest absolute Gasteiger partial charge is 0.399 e. The summed E-state index contributed by atoms with van der Waals surface area (Å²) in [6.45, 7) is 9.85. The van der Waals surface area contributed by atoms with Crippen LogP contribution in [0.25, 0.3) is 0 Å². The minimum atomic E-state index is 0.503. The molecule has 0 saturated carbocycles. The van der Waals surface area contributed by atoms with Gasteiger partial charge in [-0.15, -0.1) is 0 Å². The van der Waals surface area contributed by atoms with Gasteiger partial charge in [-0.1, -0.05) is 26.0 Å². The zero-order valence-corrected chi connectivity index (χ0v) is 10.9. The predicted octanol–water partition coefficient (Wildman–Crippen LogP) is 2.75. The van der Waals surface area contributed by atoms with Crippen LogP contribution in [0.15, 0.2) is 18.2 Å². The minimum absolute atomic E-state index is 0.503. The molecule has 2 nitrogen and oxygen atoms in total. The molecule has 3 N–H and O–H groups in total. The molecular weight excluding hydrogens is 196 g/mol. The van der Waals surface area contributed by atoms with Gasteiger partial charge in [-0.2, -0.15) is 0 Å². The number of hydrogen-bond acceptors (Lipinski definition) is 2. The molecular formula is C14H24N2. The van der Waals surface area contributed by atoms with Crippen molar-refractivity contribution < 1.29 is 0 Å². The Labute approximate surface area is 99.2 Å². The summed E-state index contributed by atoms with van der Waals surface area (Å²) in [4.78, 5) is 0. The van der Waals surface area contributed by atoms with Crippen molar-refractivity contribution in [1.82, 2.24) is 5.32 Å². The summed E-state index contributed by atoms with van der Waals surface area (Å²) in [6.07, 6.45) is 1.05. The molecule has 0 amide bonds. The standard InChI is InChI=1S/C14H24N2/c1-10(2)9-16-11(3)8-13-6-5-7-14(15)12(13)4/h5-7,10-11,16H,8-9,15H2,1-4H3. The van der Waals surface area contributed by atoms with Crippen molar-refractivity contribution in [3.8, 4) is 0 Å². The van der Waals surface area contributed by atoms with Crippen LogP contribution in [0, 0.1) is 12.8 Å². The van der Waals surface area contributed by atoms with Gasteiger partial charge < -0.3 is 11.1 Å². The van der Waals surface area contributed by atoms with Gasteiger partial charge in [0.25, 0.3) is 0 Å². The van der Waals surface area contributed by atoms with Crippen molar-refractivity contribution in [2.75, 3.05) is 12.3 Å². The van der Waals surface area contributed by atoms with E-state index in [1.807, 2.05) is 12.1 Å². The number of nitrogen functional groups attached to an aromatic ring is 1. The lowest BCUT2D eigenvalue weighted by molar-refractivity contribution is 0.481. The molecule has 1 aromatic carbocycles. The Hall–Kier alpha value is -1.02. The van der Waals surface area contributed by atoms with Crippen molar-refractivity contribution in [2.45, 2.75) is 40.2 Å². The maximum absolute atomic E-state index is 5.90.